The summed E-state index contributed by atoms with van der Waals surface area (Å²) in [5, 5.41) is 16.8. The van der Waals surface area contributed by atoms with E-state index in [0.29, 0.717) is 11.7 Å². The van der Waals surface area contributed by atoms with Gasteiger partial charge in [-0.05, 0) is 0 Å². The zero-order valence-electron chi connectivity index (χ0n) is 11.2. The fourth-order valence-corrected chi connectivity index (χ4v) is 2.48. The summed E-state index contributed by atoms with van der Waals surface area (Å²) < 4.78 is 4.40. The maximum atomic E-state index is 11.7. The summed E-state index contributed by atoms with van der Waals surface area (Å²) in [5.74, 6) is -1.58. The summed E-state index contributed by atoms with van der Waals surface area (Å²) in [6, 6.07) is 0. The molecule has 1 amide bonds. The Morgan fingerprint density at radius 3 is 2.37 bits per heavy atom. The van der Waals surface area contributed by atoms with Crippen LogP contribution in [0.25, 0.3) is 0 Å². The Balaban J connectivity index is 2.51. The predicted molar refractivity (Wildman–Crippen MR) is 69.6 cm³/mol. The molecule has 1 rings (SSSR count). The Morgan fingerprint density at radius 1 is 1.26 bits per heavy atom. The highest BCUT2D eigenvalue weighted by Gasteiger charge is 2.15. The monoisotopic (exact) mass is 283 g/mol. The number of esters is 1. The van der Waals surface area contributed by atoms with Crippen molar-refractivity contribution < 1.29 is 14.3 Å². The molecule has 8 nitrogen and oxygen atoms in total. The molecule has 0 saturated carbocycles. The summed E-state index contributed by atoms with van der Waals surface area (Å²) in [4.78, 5) is 22.7. The van der Waals surface area contributed by atoms with E-state index < -0.39 is 11.9 Å². The third-order valence-corrected chi connectivity index (χ3v) is 4.77. The van der Waals surface area contributed by atoms with Crippen molar-refractivity contribution in [1.29, 1.82) is 0 Å². The molecular weight excluding hydrogens is 266 g/mol. The molecule has 0 aromatic carbocycles. The zero-order chi connectivity index (χ0) is 14.3. The predicted octanol–water partition coefficient (Wildman–Crippen LogP) is -0.872. The molecule has 1 atom stereocenters. The number of hydrogen-bond acceptors (Lipinski definition) is 7. The summed E-state index contributed by atoms with van der Waals surface area (Å²) in [6.07, 6.45) is 1.80. The van der Waals surface area contributed by atoms with E-state index in [-0.39, 0.29) is 21.2 Å². The Morgan fingerprint density at radius 2 is 1.84 bits per heavy atom. The van der Waals surface area contributed by atoms with Gasteiger partial charge < -0.3 is 10.1 Å². The molecular formula is C10H17N5O3Si. The number of nitrogens with zero attached hydrogens (tertiary/aromatic N) is 4. The number of aromatic nitrogens is 4. The minimum atomic E-state index is -0.740. The van der Waals surface area contributed by atoms with Gasteiger partial charge >= 0.3 is 5.97 Å². The van der Waals surface area contributed by atoms with Crippen LogP contribution >= 0.6 is 0 Å². The second kappa shape index (κ2) is 7.51. The van der Waals surface area contributed by atoms with Crippen molar-refractivity contribution in [2.75, 3.05) is 13.3 Å². The van der Waals surface area contributed by atoms with Crippen molar-refractivity contribution in [3.63, 3.8) is 0 Å². The van der Waals surface area contributed by atoms with Crippen LogP contribution in [0.2, 0.25) is 5.54 Å². The summed E-state index contributed by atoms with van der Waals surface area (Å²) in [5.41, 5.74) is 0.680. The molecule has 0 saturated heterocycles. The number of carbonyl (C=O) groups excluding carboxylic acids is 2. The standard InChI is InChI=1S/C10H17N5O3Si/c1-4-6(2)19-5-11-9(16)7-12-14-8(15-13-7)10(17)18-3/h6H,4-5,19H2,1-3H3,(H,11,16). The number of rotatable bonds is 6. The molecule has 1 aromatic rings. The van der Waals surface area contributed by atoms with Gasteiger partial charge in [-0.15, -0.1) is 20.4 Å². The average Bonchev–Trinajstić information content (AvgIpc) is 2.46. The van der Waals surface area contributed by atoms with Gasteiger partial charge in [-0.1, -0.05) is 25.8 Å². The van der Waals surface area contributed by atoms with E-state index in [1.165, 1.54) is 7.11 Å². The van der Waals surface area contributed by atoms with Gasteiger partial charge in [-0.25, -0.2) is 4.79 Å². The first-order chi connectivity index (χ1) is 9.08. The average molecular weight is 283 g/mol. The zero-order valence-corrected chi connectivity index (χ0v) is 12.6. The van der Waals surface area contributed by atoms with E-state index in [4.69, 9.17) is 0 Å². The lowest BCUT2D eigenvalue weighted by atomic mass is 10.4. The van der Waals surface area contributed by atoms with Crippen LogP contribution in [0.3, 0.4) is 0 Å². The van der Waals surface area contributed by atoms with Gasteiger partial charge in [0.15, 0.2) is 0 Å². The molecule has 0 aliphatic rings. The first kappa shape index (κ1) is 15.2. The molecule has 0 aliphatic carbocycles. The highest BCUT2D eigenvalue weighted by Crippen LogP contribution is 2.04. The molecule has 9 heteroatoms. The molecule has 1 aromatic heterocycles. The third-order valence-electron chi connectivity index (χ3n) is 2.67. The highest BCUT2D eigenvalue weighted by atomic mass is 28.2. The molecule has 104 valence electrons. The van der Waals surface area contributed by atoms with Crippen molar-refractivity contribution in [3.05, 3.63) is 11.6 Å². The van der Waals surface area contributed by atoms with Gasteiger partial charge in [0.2, 0.25) is 0 Å². The lowest BCUT2D eigenvalue weighted by Gasteiger charge is -2.07. The van der Waals surface area contributed by atoms with E-state index in [1.807, 2.05) is 0 Å². The van der Waals surface area contributed by atoms with E-state index >= 15 is 0 Å². The molecule has 0 spiro atoms. The summed E-state index contributed by atoms with van der Waals surface area (Å²) in [7, 11) is 0.861. The van der Waals surface area contributed by atoms with Crippen LogP contribution in [0.4, 0.5) is 0 Å². The smallest absolute Gasteiger partial charge is 0.379 e. The number of amides is 1. The van der Waals surface area contributed by atoms with Gasteiger partial charge in [-0.2, -0.15) is 0 Å². The van der Waals surface area contributed by atoms with E-state index in [9.17, 15) is 9.59 Å². The minimum absolute atomic E-state index is 0.147. The van der Waals surface area contributed by atoms with Crippen molar-refractivity contribution in [2.24, 2.45) is 0 Å². The van der Waals surface area contributed by atoms with Gasteiger partial charge in [0, 0.05) is 15.7 Å². The quantitative estimate of drug-likeness (QED) is 0.534. The highest BCUT2D eigenvalue weighted by molar-refractivity contribution is 6.38. The number of carbonyl (C=O) groups is 2. The van der Waals surface area contributed by atoms with Gasteiger partial charge in [0.05, 0.1) is 7.11 Å². The Hall–Kier alpha value is -1.90. The maximum absolute atomic E-state index is 11.7. The molecule has 1 N–H and O–H groups in total. The third kappa shape index (κ3) is 4.70. The molecule has 0 aliphatic heterocycles. The Kier molecular flexibility index (Phi) is 5.99. The van der Waals surface area contributed by atoms with Crippen molar-refractivity contribution >= 4 is 21.4 Å². The number of nitrogens with one attached hydrogen (secondary N) is 1. The van der Waals surface area contributed by atoms with Crippen LogP contribution in [-0.4, -0.2) is 55.1 Å². The van der Waals surface area contributed by atoms with Crippen LogP contribution in [0.1, 0.15) is 41.5 Å². The molecule has 1 heterocycles. The lowest BCUT2D eigenvalue weighted by Crippen LogP contribution is -2.31. The van der Waals surface area contributed by atoms with Crippen LogP contribution in [0.15, 0.2) is 0 Å². The lowest BCUT2D eigenvalue weighted by molar-refractivity contribution is 0.0582. The Bertz CT molecular complexity index is 439. The summed E-state index contributed by atoms with van der Waals surface area (Å²) in [6.45, 7) is 4.30. The number of methoxy groups -OCH3 is 1. The van der Waals surface area contributed by atoms with Gasteiger partial charge in [0.1, 0.15) is 0 Å². The second-order valence-corrected chi connectivity index (χ2v) is 6.57. The largest absolute Gasteiger partial charge is 0.463 e. The fraction of sp³-hybridized carbons (Fsp3) is 0.600. The number of hydrogen-bond donors (Lipinski definition) is 1. The van der Waals surface area contributed by atoms with Crippen LogP contribution in [0.5, 0.6) is 0 Å². The van der Waals surface area contributed by atoms with E-state index in [2.05, 4.69) is 44.3 Å². The number of ether oxygens (including phenoxy) is 1. The van der Waals surface area contributed by atoms with Crippen molar-refractivity contribution in [2.45, 2.75) is 25.8 Å². The molecule has 1 unspecified atom stereocenters. The normalized spacial score (nSPS) is 12.4. The Labute approximate surface area is 113 Å². The minimum Gasteiger partial charge on any atom is -0.463 e. The second-order valence-electron chi connectivity index (χ2n) is 4.10. The maximum Gasteiger partial charge on any atom is 0.379 e. The van der Waals surface area contributed by atoms with Crippen molar-refractivity contribution in [1.82, 2.24) is 25.7 Å². The first-order valence-electron chi connectivity index (χ1n) is 6.02. The fourth-order valence-electron chi connectivity index (χ4n) is 1.21. The molecule has 19 heavy (non-hydrogen) atoms. The first-order valence-corrected chi connectivity index (χ1v) is 7.84. The topological polar surface area (TPSA) is 107 Å². The van der Waals surface area contributed by atoms with Crippen LogP contribution in [0, 0.1) is 0 Å². The molecule has 0 fully saturated rings. The summed E-state index contributed by atoms with van der Waals surface area (Å²) >= 11 is 0. The van der Waals surface area contributed by atoms with Crippen molar-refractivity contribution in [3.8, 4) is 0 Å². The van der Waals surface area contributed by atoms with Gasteiger partial charge in [0.25, 0.3) is 17.6 Å². The SMILES string of the molecule is CCC(C)[SiH2]CNC(=O)c1nnc(C(=O)OC)nn1. The van der Waals surface area contributed by atoms with E-state index in [1.54, 1.807) is 0 Å². The van der Waals surface area contributed by atoms with Gasteiger partial charge in [-0.3, -0.25) is 4.79 Å². The van der Waals surface area contributed by atoms with E-state index in [0.717, 1.165) is 6.42 Å². The molecule has 0 bridgehead atoms. The molecule has 0 radical (unpaired) electrons. The van der Waals surface area contributed by atoms with Crippen LogP contribution < -0.4 is 5.32 Å². The van der Waals surface area contributed by atoms with Crippen LogP contribution in [-0.2, 0) is 4.74 Å².